The molecule has 0 aromatic heterocycles. The summed E-state index contributed by atoms with van der Waals surface area (Å²) in [5.41, 5.74) is -1.15. The molecule has 2 N–H and O–H groups in total. The summed E-state index contributed by atoms with van der Waals surface area (Å²) in [5, 5.41) is 10.9. The van der Waals surface area contributed by atoms with Crippen molar-refractivity contribution in [2.45, 2.75) is 73.5 Å². The van der Waals surface area contributed by atoms with Crippen LogP contribution < -0.4 is 5.32 Å². The first-order chi connectivity index (χ1) is 8.35. The fraction of sp³-hybridized carbons (Fsp3) is 0.857. The molecule has 0 spiro atoms. The van der Waals surface area contributed by atoms with E-state index in [9.17, 15) is 9.59 Å². The molecule has 116 valence electrons. The van der Waals surface area contributed by atoms with Gasteiger partial charge in [0.1, 0.15) is 11.6 Å². The maximum atomic E-state index is 11.8. The molecule has 0 saturated carbocycles. The van der Waals surface area contributed by atoms with Gasteiger partial charge in [0.25, 0.3) is 0 Å². The molecule has 0 aromatic rings. The largest absolute Gasteiger partial charge is 0.465 e. The summed E-state index contributed by atoms with van der Waals surface area (Å²) in [5.74, 6) is -0.553. The third-order valence-corrected chi connectivity index (χ3v) is 1.78. The van der Waals surface area contributed by atoms with Crippen LogP contribution in [0, 0.1) is 5.41 Å². The Morgan fingerprint density at radius 1 is 1.16 bits per heavy atom. The zero-order chi connectivity index (χ0) is 15.9. The van der Waals surface area contributed by atoms with Gasteiger partial charge in [-0.05, 0) is 26.2 Å². The van der Waals surface area contributed by atoms with E-state index < -0.39 is 29.1 Å². The minimum Gasteiger partial charge on any atom is -0.465 e. The predicted octanol–water partition coefficient (Wildman–Crippen LogP) is 3.67. The molecule has 5 nitrogen and oxygen atoms in total. The summed E-state index contributed by atoms with van der Waals surface area (Å²) in [4.78, 5) is 22.4. The quantitative estimate of drug-likeness (QED) is 0.755. The molecule has 0 aliphatic heterocycles. The number of carbonyl (C=O) groups excluding carboxylic acids is 1. The molecule has 0 aliphatic carbocycles. The van der Waals surface area contributed by atoms with Gasteiger partial charge in [0.2, 0.25) is 0 Å². The Balaban J connectivity index is -0.000000657. The lowest BCUT2D eigenvalue weighted by Crippen LogP contribution is -2.50. The summed E-state index contributed by atoms with van der Waals surface area (Å²) in [6.45, 7) is 14.8. The van der Waals surface area contributed by atoms with Crippen LogP contribution in [0.1, 0.15) is 63.2 Å². The second-order valence-corrected chi connectivity index (χ2v) is 6.49. The average Bonchev–Trinajstić information content (AvgIpc) is 2.10. The van der Waals surface area contributed by atoms with Gasteiger partial charge in [0.15, 0.2) is 0 Å². The van der Waals surface area contributed by atoms with Crippen molar-refractivity contribution in [1.29, 1.82) is 0 Å². The number of esters is 1. The second-order valence-electron chi connectivity index (χ2n) is 6.49. The van der Waals surface area contributed by atoms with Gasteiger partial charge in [-0.15, -0.1) is 0 Å². The van der Waals surface area contributed by atoms with E-state index in [1.807, 2.05) is 0 Å². The molecule has 0 unspecified atom stereocenters. The molecular formula is C14H31NO4. The summed E-state index contributed by atoms with van der Waals surface area (Å²) < 4.78 is 5.16. The van der Waals surface area contributed by atoms with Gasteiger partial charge >= 0.3 is 12.1 Å². The average molecular weight is 277 g/mol. The third-order valence-electron chi connectivity index (χ3n) is 1.78. The van der Waals surface area contributed by atoms with E-state index in [1.54, 1.807) is 41.5 Å². The zero-order valence-electron chi connectivity index (χ0n) is 13.5. The molecule has 1 amide bonds. The fourth-order valence-electron chi connectivity index (χ4n) is 1.11. The van der Waals surface area contributed by atoms with Crippen LogP contribution in [0.25, 0.3) is 0 Å². The van der Waals surface area contributed by atoms with E-state index in [1.165, 1.54) is 6.42 Å². The van der Waals surface area contributed by atoms with E-state index in [2.05, 4.69) is 19.2 Å². The molecule has 1 atom stereocenters. The molecule has 5 heteroatoms. The van der Waals surface area contributed by atoms with Crippen molar-refractivity contribution in [3.05, 3.63) is 0 Å². The molecule has 0 rings (SSSR count). The first kappa shape index (κ1) is 20.1. The first-order valence-corrected chi connectivity index (χ1v) is 6.57. The molecule has 0 fully saturated rings. The van der Waals surface area contributed by atoms with Crippen LogP contribution >= 0.6 is 0 Å². The minimum atomic E-state index is -1.23. The van der Waals surface area contributed by atoms with Gasteiger partial charge in [0.05, 0.1) is 0 Å². The summed E-state index contributed by atoms with van der Waals surface area (Å²) >= 11 is 0. The van der Waals surface area contributed by atoms with Crippen LogP contribution in [0.5, 0.6) is 0 Å². The Hall–Kier alpha value is -1.26. The second kappa shape index (κ2) is 8.02. The smallest absolute Gasteiger partial charge is 0.405 e. The standard InChI is InChI=1S/C11H21NO4.C3H8.H2/c1-10(2,3)7(12-9(14)15)8(13)16-11(4,5)6;1-3-2;/h7,12H,1-6H3,(H,14,15);3H2,1-2H3;1H/t7-;;/m1../s1. The van der Waals surface area contributed by atoms with E-state index in [0.29, 0.717) is 0 Å². The molecule has 0 aliphatic rings. The zero-order valence-corrected chi connectivity index (χ0v) is 13.5. The Kier molecular flexibility index (Phi) is 8.47. The Morgan fingerprint density at radius 3 is 1.74 bits per heavy atom. The lowest BCUT2D eigenvalue weighted by atomic mass is 9.87. The van der Waals surface area contributed by atoms with Crippen molar-refractivity contribution in [1.82, 2.24) is 5.32 Å². The Bertz CT molecular complexity index is 293. The monoisotopic (exact) mass is 277 g/mol. The number of hydrogen-bond donors (Lipinski definition) is 2. The third kappa shape index (κ3) is 11.6. The molecule has 19 heavy (non-hydrogen) atoms. The predicted molar refractivity (Wildman–Crippen MR) is 78.3 cm³/mol. The van der Waals surface area contributed by atoms with E-state index >= 15 is 0 Å². The number of carboxylic acid groups (broad SMARTS) is 1. The number of amides is 1. The topological polar surface area (TPSA) is 75.6 Å². The summed E-state index contributed by atoms with van der Waals surface area (Å²) in [6.07, 6.45) is 0.0192. The van der Waals surface area contributed by atoms with E-state index in [4.69, 9.17) is 9.84 Å². The molecule has 0 aromatic carbocycles. The molecule has 0 heterocycles. The lowest BCUT2D eigenvalue weighted by Gasteiger charge is -2.31. The van der Waals surface area contributed by atoms with Crippen LogP contribution in [0.15, 0.2) is 0 Å². The van der Waals surface area contributed by atoms with Crippen LogP contribution in [-0.2, 0) is 9.53 Å². The van der Waals surface area contributed by atoms with E-state index in [-0.39, 0.29) is 1.43 Å². The van der Waals surface area contributed by atoms with Crippen LogP contribution in [0.3, 0.4) is 0 Å². The minimum absolute atomic E-state index is 0. The number of nitrogens with one attached hydrogen (secondary N) is 1. The number of rotatable bonds is 2. The van der Waals surface area contributed by atoms with Crippen LogP contribution in [0.4, 0.5) is 4.79 Å². The lowest BCUT2D eigenvalue weighted by molar-refractivity contribution is -0.160. The van der Waals surface area contributed by atoms with Crippen molar-refractivity contribution in [3.8, 4) is 0 Å². The first-order valence-electron chi connectivity index (χ1n) is 6.57. The van der Waals surface area contributed by atoms with Gasteiger partial charge in [-0.3, -0.25) is 0 Å². The fourth-order valence-corrected chi connectivity index (χ4v) is 1.11. The van der Waals surface area contributed by atoms with E-state index in [0.717, 1.165) is 0 Å². The van der Waals surface area contributed by atoms with Gasteiger partial charge in [0, 0.05) is 1.43 Å². The Labute approximate surface area is 118 Å². The SMILES string of the molecule is CC(C)(C)OC(=O)[C@@H](NC(=O)O)C(C)(C)C.CCC.[HH]. The van der Waals surface area contributed by atoms with Crippen molar-refractivity contribution in [2.75, 3.05) is 0 Å². The maximum Gasteiger partial charge on any atom is 0.405 e. The summed E-state index contributed by atoms with van der Waals surface area (Å²) in [7, 11) is 0. The highest BCUT2D eigenvalue weighted by molar-refractivity contribution is 5.81. The molecule has 0 bridgehead atoms. The molecule has 0 saturated heterocycles. The van der Waals surface area contributed by atoms with Crippen LogP contribution in [0.2, 0.25) is 0 Å². The van der Waals surface area contributed by atoms with Crippen molar-refractivity contribution >= 4 is 12.1 Å². The van der Waals surface area contributed by atoms with Crippen molar-refractivity contribution in [3.63, 3.8) is 0 Å². The number of carbonyl (C=O) groups is 2. The number of hydrogen-bond acceptors (Lipinski definition) is 3. The Morgan fingerprint density at radius 2 is 1.53 bits per heavy atom. The number of ether oxygens (including phenoxy) is 1. The van der Waals surface area contributed by atoms with Gasteiger partial charge in [-0.2, -0.15) is 0 Å². The molecular weight excluding hydrogens is 246 g/mol. The maximum absolute atomic E-state index is 11.8. The highest BCUT2D eigenvalue weighted by atomic mass is 16.6. The van der Waals surface area contributed by atoms with Gasteiger partial charge in [-0.1, -0.05) is 41.0 Å². The van der Waals surface area contributed by atoms with Crippen LogP contribution in [-0.4, -0.2) is 28.8 Å². The normalized spacial score (nSPS) is 12.8. The highest BCUT2D eigenvalue weighted by Gasteiger charge is 2.35. The van der Waals surface area contributed by atoms with Crippen molar-refractivity contribution in [2.24, 2.45) is 5.41 Å². The highest BCUT2D eigenvalue weighted by Crippen LogP contribution is 2.22. The van der Waals surface area contributed by atoms with Crippen molar-refractivity contribution < 1.29 is 20.9 Å². The van der Waals surface area contributed by atoms with Gasteiger partial charge < -0.3 is 15.2 Å². The summed E-state index contributed by atoms with van der Waals surface area (Å²) in [6, 6.07) is -0.871. The molecule has 0 radical (unpaired) electrons. The van der Waals surface area contributed by atoms with Gasteiger partial charge in [-0.25, -0.2) is 9.59 Å².